The summed E-state index contributed by atoms with van der Waals surface area (Å²) >= 11 is 0. The van der Waals surface area contributed by atoms with Gasteiger partial charge >= 0.3 is 0 Å². The fourth-order valence-electron chi connectivity index (χ4n) is 2.62. The summed E-state index contributed by atoms with van der Waals surface area (Å²) < 4.78 is 33.0. The molecule has 1 atom stereocenters. The second-order valence-electron chi connectivity index (χ2n) is 6.50. The number of rotatable bonds is 8. The van der Waals surface area contributed by atoms with Gasteiger partial charge in [-0.25, -0.2) is 8.42 Å². The van der Waals surface area contributed by atoms with Crippen LogP contribution in [0.4, 0.5) is 5.69 Å². The Kier molecular flexibility index (Phi) is 6.51. The van der Waals surface area contributed by atoms with Crippen molar-refractivity contribution in [1.29, 1.82) is 0 Å². The van der Waals surface area contributed by atoms with E-state index in [9.17, 15) is 13.2 Å². The van der Waals surface area contributed by atoms with E-state index >= 15 is 0 Å². The van der Waals surface area contributed by atoms with Gasteiger partial charge in [0.15, 0.2) is 0 Å². The number of carbonyl (C=O) groups excluding carboxylic acids is 1. The summed E-state index contributed by atoms with van der Waals surface area (Å²) in [6, 6.07) is 23.5. The molecule has 0 radical (unpaired) electrons. The summed E-state index contributed by atoms with van der Waals surface area (Å²) in [7, 11) is -3.72. The van der Waals surface area contributed by atoms with Gasteiger partial charge < -0.3 is 10.1 Å². The highest BCUT2D eigenvalue weighted by molar-refractivity contribution is 7.92. The first kappa shape index (κ1) is 20.4. The number of ether oxygens (including phenoxy) is 1. The van der Waals surface area contributed by atoms with Crippen LogP contribution >= 0.6 is 0 Å². The van der Waals surface area contributed by atoms with Gasteiger partial charge in [-0.05, 0) is 49.4 Å². The number of para-hydroxylation sites is 1. The molecule has 0 unspecified atom stereocenters. The Hall–Kier alpha value is -3.32. The van der Waals surface area contributed by atoms with Crippen LogP contribution in [0.5, 0.6) is 5.75 Å². The monoisotopic (exact) mass is 410 g/mol. The number of nitrogens with one attached hydrogen (secondary N) is 2. The highest BCUT2D eigenvalue weighted by Crippen LogP contribution is 2.17. The lowest BCUT2D eigenvalue weighted by molar-refractivity contribution is 0.0926. The van der Waals surface area contributed by atoms with E-state index in [0.717, 1.165) is 5.75 Å². The quantitative estimate of drug-likeness (QED) is 0.593. The van der Waals surface area contributed by atoms with Gasteiger partial charge in [0.2, 0.25) is 0 Å². The lowest BCUT2D eigenvalue weighted by Gasteiger charge is -2.15. The summed E-state index contributed by atoms with van der Waals surface area (Å²) in [6.07, 6.45) is 0. The molecule has 0 saturated carbocycles. The molecule has 3 rings (SSSR count). The zero-order valence-electron chi connectivity index (χ0n) is 15.9. The molecule has 0 bridgehead atoms. The summed E-state index contributed by atoms with van der Waals surface area (Å²) in [6.45, 7) is 2.15. The van der Waals surface area contributed by atoms with Crippen LogP contribution in [0.1, 0.15) is 17.3 Å². The maximum absolute atomic E-state index is 12.5. The topological polar surface area (TPSA) is 84.5 Å². The number of amides is 1. The standard InChI is InChI=1S/C22H22N2O4S/c1-17(16-28-20-11-4-2-5-12-20)23-22(25)18-9-8-10-19(15-18)24-29(26,27)21-13-6-3-7-14-21/h2-15,17,24H,16H2,1H3,(H,23,25)/t17-/m0/s1. The third kappa shape index (κ3) is 5.83. The van der Waals surface area contributed by atoms with Crippen LogP contribution in [0.2, 0.25) is 0 Å². The highest BCUT2D eigenvalue weighted by Gasteiger charge is 2.15. The summed E-state index contributed by atoms with van der Waals surface area (Å²) in [4.78, 5) is 12.7. The molecule has 0 fully saturated rings. The van der Waals surface area contributed by atoms with E-state index in [0.29, 0.717) is 17.9 Å². The normalized spacial score (nSPS) is 12.0. The van der Waals surface area contributed by atoms with E-state index in [2.05, 4.69) is 10.0 Å². The molecule has 0 aliphatic rings. The lowest BCUT2D eigenvalue weighted by atomic mass is 10.2. The van der Waals surface area contributed by atoms with Crippen molar-refractivity contribution < 1.29 is 17.9 Å². The molecule has 0 spiro atoms. The molecule has 0 aliphatic carbocycles. The van der Waals surface area contributed by atoms with Crippen LogP contribution < -0.4 is 14.8 Å². The molecule has 0 heterocycles. The molecule has 7 heteroatoms. The van der Waals surface area contributed by atoms with E-state index in [1.165, 1.54) is 18.2 Å². The lowest BCUT2D eigenvalue weighted by Crippen LogP contribution is -2.36. The minimum Gasteiger partial charge on any atom is -0.491 e. The number of sulfonamides is 1. The Morgan fingerprint density at radius 3 is 2.28 bits per heavy atom. The second-order valence-corrected chi connectivity index (χ2v) is 8.18. The van der Waals surface area contributed by atoms with E-state index in [-0.39, 0.29) is 16.8 Å². The number of carbonyl (C=O) groups is 1. The van der Waals surface area contributed by atoms with Gasteiger partial charge in [-0.15, -0.1) is 0 Å². The number of hydrogen-bond donors (Lipinski definition) is 2. The van der Waals surface area contributed by atoms with Crippen molar-refractivity contribution in [3.8, 4) is 5.75 Å². The SMILES string of the molecule is C[C@@H](COc1ccccc1)NC(=O)c1cccc(NS(=O)(=O)c2ccccc2)c1. The van der Waals surface area contributed by atoms with Gasteiger partial charge in [0, 0.05) is 11.3 Å². The molecule has 1 amide bonds. The molecule has 6 nitrogen and oxygen atoms in total. The van der Waals surface area contributed by atoms with Crippen molar-refractivity contribution in [2.75, 3.05) is 11.3 Å². The van der Waals surface area contributed by atoms with Crippen LogP contribution in [0.3, 0.4) is 0 Å². The second kappa shape index (κ2) is 9.25. The van der Waals surface area contributed by atoms with Crippen molar-refractivity contribution in [3.05, 3.63) is 90.5 Å². The van der Waals surface area contributed by atoms with Gasteiger partial charge in [0.1, 0.15) is 12.4 Å². The van der Waals surface area contributed by atoms with Crippen molar-refractivity contribution in [2.45, 2.75) is 17.9 Å². The first-order valence-electron chi connectivity index (χ1n) is 9.11. The first-order valence-corrected chi connectivity index (χ1v) is 10.6. The molecule has 0 aromatic heterocycles. The van der Waals surface area contributed by atoms with Crippen molar-refractivity contribution >= 4 is 21.6 Å². The Labute approximate surface area is 170 Å². The minimum atomic E-state index is -3.72. The van der Waals surface area contributed by atoms with E-state index in [1.54, 1.807) is 36.4 Å². The maximum atomic E-state index is 12.5. The van der Waals surface area contributed by atoms with Crippen LogP contribution in [-0.4, -0.2) is 27.0 Å². The van der Waals surface area contributed by atoms with Crippen molar-refractivity contribution in [1.82, 2.24) is 5.32 Å². The largest absolute Gasteiger partial charge is 0.491 e. The van der Waals surface area contributed by atoms with Crippen molar-refractivity contribution in [3.63, 3.8) is 0 Å². The predicted octanol–water partition coefficient (Wildman–Crippen LogP) is 3.68. The van der Waals surface area contributed by atoms with Gasteiger partial charge in [-0.3, -0.25) is 9.52 Å². The van der Waals surface area contributed by atoms with Crippen LogP contribution in [-0.2, 0) is 10.0 Å². The van der Waals surface area contributed by atoms with Crippen LogP contribution in [0, 0.1) is 0 Å². The first-order chi connectivity index (χ1) is 13.9. The van der Waals surface area contributed by atoms with Gasteiger partial charge in [0.05, 0.1) is 10.9 Å². The molecule has 2 N–H and O–H groups in total. The van der Waals surface area contributed by atoms with E-state index in [1.807, 2.05) is 37.3 Å². The van der Waals surface area contributed by atoms with Gasteiger partial charge in [0.25, 0.3) is 15.9 Å². The third-order valence-corrected chi connectivity index (χ3v) is 5.45. The fourth-order valence-corrected chi connectivity index (χ4v) is 3.69. The molecule has 150 valence electrons. The molecule has 0 aliphatic heterocycles. The van der Waals surface area contributed by atoms with Crippen molar-refractivity contribution in [2.24, 2.45) is 0 Å². The zero-order valence-corrected chi connectivity index (χ0v) is 16.7. The zero-order chi connectivity index (χ0) is 20.7. The summed E-state index contributed by atoms with van der Waals surface area (Å²) in [5, 5.41) is 2.85. The van der Waals surface area contributed by atoms with E-state index in [4.69, 9.17) is 4.74 Å². The number of benzene rings is 3. The smallest absolute Gasteiger partial charge is 0.261 e. The third-order valence-electron chi connectivity index (χ3n) is 4.05. The van der Waals surface area contributed by atoms with Gasteiger partial charge in [-0.1, -0.05) is 42.5 Å². The van der Waals surface area contributed by atoms with Crippen LogP contribution in [0.25, 0.3) is 0 Å². The summed E-state index contributed by atoms with van der Waals surface area (Å²) in [5.41, 5.74) is 0.666. The summed E-state index contributed by atoms with van der Waals surface area (Å²) in [5.74, 6) is 0.417. The maximum Gasteiger partial charge on any atom is 0.261 e. The molecule has 3 aromatic rings. The molecule has 3 aromatic carbocycles. The Balaban J connectivity index is 1.62. The Bertz CT molecular complexity index is 1050. The molecular weight excluding hydrogens is 388 g/mol. The highest BCUT2D eigenvalue weighted by atomic mass is 32.2. The fraction of sp³-hybridized carbons (Fsp3) is 0.136. The van der Waals surface area contributed by atoms with E-state index < -0.39 is 10.0 Å². The molecule has 0 saturated heterocycles. The average Bonchev–Trinajstić information content (AvgIpc) is 2.73. The number of anilines is 1. The molecular formula is C22H22N2O4S. The van der Waals surface area contributed by atoms with Gasteiger partial charge in [-0.2, -0.15) is 0 Å². The Morgan fingerprint density at radius 2 is 1.59 bits per heavy atom. The Morgan fingerprint density at radius 1 is 0.931 bits per heavy atom. The predicted molar refractivity (Wildman–Crippen MR) is 113 cm³/mol. The minimum absolute atomic E-state index is 0.154. The molecule has 29 heavy (non-hydrogen) atoms. The average molecular weight is 410 g/mol. The van der Waals surface area contributed by atoms with Crippen LogP contribution in [0.15, 0.2) is 89.8 Å². The number of hydrogen-bond acceptors (Lipinski definition) is 4.